The predicted octanol–water partition coefficient (Wildman–Crippen LogP) is 3.63. The molecule has 2 aromatic heterocycles. The SMILES string of the molecule is COC(=O)c1c(NC(=O)c2nc(-c3ccc(C)cc3)no2)sc2c1CCC2. The topological polar surface area (TPSA) is 94.3 Å². The van der Waals surface area contributed by atoms with Crippen molar-refractivity contribution in [2.24, 2.45) is 0 Å². The van der Waals surface area contributed by atoms with E-state index in [1.807, 2.05) is 31.2 Å². The van der Waals surface area contributed by atoms with Crippen LogP contribution in [0.1, 0.15) is 43.5 Å². The molecule has 4 rings (SSSR count). The van der Waals surface area contributed by atoms with Crippen LogP contribution in [0.15, 0.2) is 28.8 Å². The third-order valence-corrected chi connectivity index (χ3v) is 5.68. The molecule has 0 unspecified atom stereocenters. The van der Waals surface area contributed by atoms with Gasteiger partial charge in [0, 0.05) is 10.4 Å². The highest BCUT2D eigenvalue weighted by Gasteiger charge is 2.29. The monoisotopic (exact) mass is 383 g/mol. The molecule has 1 aromatic carbocycles. The van der Waals surface area contributed by atoms with Crippen molar-refractivity contribution in [1.29, 1.82) is 0 Å². The summed E-state index contributed by atoms with van der Waals surface area (Å²) in [6.07, 6.45) is 2.71. The van der Waals surface area contributed by atoms with Gasteiger partial charge in [-0.1, -0.05) is 35.0 Å². The fourth-order valence-electron chi connectivity index (χ4n) is 3.10. The molecule has 0 aliphatic heterocycles. The van der Waals surface area contributed by atoms with Crippen LogP contribution in [-0.2, 0) is 17.6 Å². The number of ether oxygens (including phenoxy) is 1. The first kappa shape index (κ1) is 17.4. The van der Waals surface area contributed by atoms with Crippen LogP contribution >= 0.6 is 11.3 Å². The number of nitrogens with zero attached hydrogens (tertiary/aromatic N) is 2. The standard InChI is InChI=1S/C19H17N3O4S/c1-10-6-8-11(9-7-10)15-20-17(26-22-15)16(23)21-18-14(19(24)25-2)12-4-3-5-13(12)27-18/h6-9H,3-5H2,1-2H3,(H,21,23). The molecule has 0 spiro atoms. The summed E-state index contributed by atoms with van der Waals surface area (Å²) in [5.41, 5.74) is 3.27. The molecule has 1 N–H and O–H groups in total. The number of esters is 1. The van der Waals surface area contributed by atoms with E-state index in [4.69, 9.17) is 9.26 Å². The van der Waals surface area contributed by atoms with E-state index in [1.165, 1.54) is 18.4 Å². The molecule has 0 saturated carbocycles. The lowest BCUT2D eigenvalue weighted by Crippen LogP contribution is -2.15. The second-order valence-electron chi connectivity index (χ2n) is 6.30. The molecule has 0 fully saturated rings. The number of anilines is 1. The Labute approximate surface area is 159 Å². The van der Waals surface area contributed by atoms with Gasteiger partial charge >= 0.3 is 17.8 Å². The van der Waals surface area contributed by atoms with Gasteiger partial charge in [-0.25, -0.2) is 4.79 Å². The molecule has 2 heterocycles. The summed E-state index contributed by atoms with van der Waals surface area (Å²) in [5.74, 6) is -0.821. The van der Waals surface area contributed by atoms with E-state index < -0.39 is 11.9 Å². The molecule has 3 aromatic rings. The first-order chi connectivity index (χ1) is 13.1. The number of amides is 1. The fourth-order valence-corrected chi connectivity index (χ4v) is 4.37. The molecule has 1 amide bonds. The lowest BCUT2D eigenvalue weighted by atomic mass is 10.1. The number of hydrogen-bond acceptors (Lipinski definition) is 7. The zero-order chi connectivity index (χ0) is 19.0. The minimum Gasteiger partial charge on any atom is -0.465 e. The van der Waals surface area contributed by atoms with Crippen molar-refractivity contribution in [1.82, 2.24) is 10.1 Å². The summed E-state index contributed by atoms with van der Waals surface area (Å²) in [5, 5.41) is 7.06. The normalized spacial score (nSPS) is 12.7. The van der Waals surface area contributed by atoms with E-state index in [0.29, 0.717) is 16.4 Å². The van der Waals surface area contributed by atoms with Crippen LogP contribution in [0.3, 0.4) is 0 Å². The van der Waals surface area contributed by atoms with Crippen molar-refractivity contribution in [3.05, 3.63) is 51.7 Å². The van der Waals surface area contributed by atoms with E-state index in [0.717, 1.165) is 40.8 Å². The summed E-state index contributed by atoms with van der Waals surface area (Å²) < 4.78 is 9.99. The van der Waals surface area contributed by atoms with E-state index in [9.17, 15) is 9.59 Å². The molecule has 8 heteroatoms. The molecule has 1 aliphatic rings. The van der Waals surface area contributed by atoms with Crippen LogP contribution in [0.5, 0.6) is 0 Å². The zero-order valence-corrected chi connectivity index (χ0v) is 15.7. The molecule has 0 saturated heterocycles. The molecular formula is C19H17N3O4S. The maximum Gasteiger partial charge on any atom is 0.341 e. The van der Waals surface area contributed by atoms with Gasteiger partial charge in [0.15, 0.2) is 0 Å². The molecule has 0 bridgehead atoms. The van der Waals surface area contributed by atoms with Gasteiger partial charge in [-0.15, -0.1) is 11.3 Å². The molecule has 138 valence electrons. The highest BCUT2D eigenvalue weighted by atomic mass is 32.1. The molecule has 27 heavy (non-hydrogen) atoms. The van der Waals surface area contributed by atoms with Gasteiger partial charge in [0.1, 0.15) is 5.00 Å². The van der Waals surface area contributed by atoms with E-state index in [2.05, 4.69) is 15.5 Å². The number of nitrogens with one attached hydrogen (secondary N) is 1. The number of benzene rings is 1. The zero-order valence-electron chi connectivity index (χ0n) is 14.9. The number of carbonyl (C=O) groups excluding carboxylic acids is 2. The third kappa shape index (κ3) is 3.23. The fraction of sp³-hybridized carbons (Fsp3) is 0.263. The van der Waals surface area contributed by atoms with Crippen LogP contribution in [-0.4, -0.2) is 29.1 Å². The van der Waals surface area contributed by atoms with Crippen LogP contribution < -0.4 is 5.32 Å². The Bertz CT molecular complexity index is 1020. The van der Waals surface area contributed by atoms with Crippen molar-refractivity contribution in [3.8, 4) is 11.4 Å². The van der Waals surface area contributed by atoms with Gasteiger partial charge in [0.25, 0.3) is 0 Å². The Morgan fingerprint density at radius 2 is 2.00 bits per heavy atom. The third-order valence-electron chi connectivity index (χ3n) is 4.47. The summed E-state index contributed by atoms with van der Waals surface area (Å²) in [7, 11) is 1.33. The number of methoxy groups -OCH3 is 1. The largest absolute Gasteiger partial charge is 0.465 e. The quantitative estimate of drug-likeness (QED) is 0.691. The van der Waals surface area contributed by atoms with Gasteiger partial charge in [-0.05, 0) is 31.7 Å². The van der Waals surface area contributed by atoms with Crippen molar-refractivity contribution in [3.63, 3.8) is 0 Å². The lowest BCUT2D eigenvalue weighted by molar-refractivity contribution is 0.0601. The number of hydrogen-bond donors (Lipinski definition) is 1. The first-order valence-corrected chi connectivity index (χ1v) is 9.33. The van der Waals surface area contributed by atoms with E-state index >= 15 is 0 Å². The number of rotatable bonds is 4. The molecule has 1 aliphatic carbocycles. The summed E-state index contributed by atoms with van der Waals surface area (Å²) in [6, 6.07) is 7.59. The molecular weight excluding hydrogens is 366 g/mol. The summed E-state index contributed by atoms with van der Waals surface area (Å²) in [4.78, 5) is 30.0. The number of carbonyl (C=O) groups is 2. The minimum absolute atomic E-state index is 0.157. The van der Waals surface area contributed by atoms with Gasteiger partial charge in [-0.2, -0.15) is 4.98 Å². The Morgan fingerprint density at radius 3 is 2.74 bits per heavy atom. The number of aromatic nitrogens is 2. The average Bonchev–Trinajstić information content (AvgIpc) is 3.37. The summed E-state index contributed by atoms with van der Waals surface area (Å²) in [6.45, 7) is 1.98. The Kier molecular flexibility index (Phi) is 4.49. The first-order valence-electron chi connectivity index (χ1n) is 8.51. The van der Waals surface area contributed by atoms with Crippen LogP contribution in [0.25, 0.3) is 11.4 Å². The maximum atomic E-state index is 12.6. The average molecular weight is 383 g/mol. The molecule has 0 radical (unpaired) electrons. The van der Waals surface area contributed by atoms with Gasteiger partial charge in [-0.3, -0.25) is 4.79 Å². The van der Waals surface area contributed by atoms with Crippen LogP contribution in [0, 0.1) is 6.92 Å². The minimum atomic E-state index is -0.550. The van der Waals surface area contributed by atoms with Crippen molar-refractivity contribution in [2.45, 2.75) is 26.2 Å². The molecule has 7 nitrogen and oxygen atoms in total. The number of aryl methyl sites for hydroxylation is 2. The highest BCUT2D eigenvalue weighted by molar-refractivity contribution is 7.17. The predicted molar refractivity (Wildman–Crippen MR) is 100 cm³/mol. The van der Waals surface area contributed by atoms with Crippen LogP contribution in [0.4, 0.5) is 5.00 Å². The van der Waals surface area contributed by atoms with Crippen molar-refractivity contribution in [2.75, 3.05) is 12.4 Å². The lowest BCUT2D eigenvalue weighted by Gasteiger charge is -2.04. The Balaban J connectivity index is 1.59. The number of thiophene rings is 1. The van der Waals surface area contributed by atoms with Crippen molar-refractivity contribution >= 4 is 28.2 Å². The van der Waals surface area contributed by atoms with Crippen molar-refractivity contribution < 1.29 is 18.8 Å². The highest BCUT2D eigenvalue weighted by Crippen LogP contribution is 2.39. The van der Waals surface area contributed by atoms with Gasteiger partial charge in [0.05, 0.1) is 12.7 Å². The second kappa shape index (κ2) is 6.96. The van der Waals surface area contributed by atoms with Gasteiger partial charge < -0.3 is 14.6 Å². The second-order valence-corrected chi connectivity index (χ2v) is 7.40. The van der Waals surface area contributed by atoms with Gasteiger partial charge in [0.2, 0.25) is 5.82 Å². The number of fused-ring (bicyclic) bond motifs is 1. The molecule has 0 atom stereocenters. The Morgan fingerprint density at radius 1 is 1.22 bits per heavy atom. The van der Waals surface area contributed by atoms with E-state index in [1.54, 1.807) is 0 Å². The van der Waals surface area contributed by atoms with E-state index in [-0.39, 0.29) is 5.89 Å². The maximum absolute atomic E-state index is 12.6. The summed E-state index contributed by atoms with van der Waals surface area (Å²) >= 11 is 1.40. The Hall–Kier alpha value is -3.00. The van der Waals surface area contributed by atoms with Crippen LogP contribution in [0.2, 0.25) is 0 Å². The smallest absolute Gasteiger partial charge is 0.341 e.